The van der Waals surface area contributed by atoms with Crippen molar-refractivity contribution in [2.24, 2.45) is 5.92 Å². The lowest BCUT2D eigenvalue weighted by molar-refractivity contribution is 0.409. The van der Waals surface area contributed by atoms with Gasteiger partial charge in [-0.3, -0.25) is 0 Å². The topological polar surface area (TPSA) is 12.0 Å². The Morgan fingerprint density at radius 2 is 1.92 bits per heavy atom. The molecule has 1 N–H and O–H groups in total. The third-order valence-corrected chi connectivity index (χ3v) is 2.43. The van der Waals surface area contributed by atoms with Crippen molar-refractivity contribution in [1.29, 1.82) is 0 Å². The van der Waals surface area contributed by atoms with E-state index >= 15 is 0 Å². The molecule has 1 heteroatoms. The smallest absolute Gasteiger partial charge is 0.00930 e. The van der Waals surface area contributed by atoms with Gasteiger partial charge in [0.15, 0.2) is 0 Å². The number of rotatable bonds is 2. The first-order chi connectivity index (χ1) is 5.76. The van der Waals surface area contributed by atoms with Gasteiger partial charge in [0.05, 0.1) is 0 Å². The van der Waals surface area contributed by atoms with Gasteiger partial charge < -0.3 is 5.32 Å². The molecule has 0 amide bonds. The first kappa shape index (κ1) is 12.0. The van der Waals surface area contributed by atoms with E-state index in [2.05, 4.69) is 33.0 Å². The fraction of sp³-hybridized carbons (Fsp3) is 1.00. The van der Waals surface area contributed by atoms with Crippen molar-refractivity contribution in [3.63, 3.8) is 0 Å². The molecule has 74 valence electrons. The normalized spacial score (nSPS) is 24.5. The summed E-state index contributed by atoms with van der Waals surface area (Å²) in [6.45, 7) is 10.1. The number of hydrogen-bond donors (Lipinski definition) is 1. The molecule has 0 radical (unpaired) electrons. The monoisotopic (exact) mass is 171 g/mol. The van der Waals surface area contributed by atoms with Crippen molar-refractivity contribution in [1.82, 2.24) is 5.32 Å². The highest BCUT2D eigenvalue weighted by Gasteiger charge is 2.18. The van der Waals surface area contributed by atoms with Crippen LogP contribution in [0.3, 0.4) is 0 Å². The van der Waals surface area contributed by atoms with Crippen molar-refractivity contribution in [3.8, 4) is 0 Å². The van der Waals surface area contributed by atoms with Crippen molar-refractivity contribution in [2.75, 3.05) is 6.54 Å². The molecule has 0 aromatic heterocycles. The number of hydrogen-bond acceptors (Lipinski definition) is 1. The Kier molecular flexibility index (Phi) is 7.58. The summed E-state index contributed by atoms with van der Waals surface area (Å²) in [7, 11) is 0. The van der Waals surface area contributed by atoms with E-state index in [0.29, 0.717) is 0 Å². The summed E-state index contributed by atoms with van der Waals surface area (Å²) in [5, 5.41) is 3.51. The van der Waals surface area contributed by atoms with Crippen molar-refractivity contribution >= 4 is 0 Å². The number of nitrogens with one attached hydrogen (secondary N) is 1. The van der Waals surface area contributed by atoms with Gasteiger partial charge >= 0.3 is 0 Å². The highest BCUT2D eigenvalue weighted by molar-refractivity contribution is 4.77. The van der Waals surface area contributed by atoms with Crippen LogP contribution in [0.25, 0.3) is 0 Å². The van der Waals surface area contributed by atoms with E-state index in [0.717, 1.165) is 12.0 Å². The lowest BCUT2D eigenvalue weighted by atomic mass is 9.98. The molecule has 2 unspecified atom stereocenters. The van der Waals surface area contributed by atoms with E-state index < -0.39 is 0 Å². The molecular weight excluding hydrogens is 146 g/mol. The van der Waals surface area contributed by atoms with Crippen molar-refractivity contribution < 1.29 is 0 Å². The summed E-state index contributed by atoms with van der Waals surface area (Å²) in [5.41, 5.74) is 0. The maximum Gasteiger partial charge on any atom is 0.00930 e. The first-order valence-corrected chi connectivity index (χ1v) is 5.49. The Balaban J connectivity index is 0.000000354. The Labute approximate surface area is 77.9 Å². The van der Waals surface area contributed by atoms with Crippen molar-refractivity contribution in [3.05, 3.63) is 0 Å². The third-order valence-electron chi connectivity index (χ3n) is 2.43. The zero-order valence-electron chi connectivity index (χ0n) is 9.19. The van der Waals surface area contributed by atoms with Gasteiger partial charge in [-0.25, -0.2) is 0 Å². The van der Waals surface area contributed by atoms with E-state index in [4.69, 9.17) is 0 Å². The van der Waals surface area contributed by atoms with Gasteiger partial charge in [0.25, 0.3) is 0 Å². The average molecular weight is 171 g/mol. The van der Waals surface area contributed by atoms with Crippen LogP contribution in [0.2, 0.25) is 0 Å². The van der Waals surface area contributed by atoms with Gasteiger partial charge in [0.1, 0.15) is 0 Å². The van der Waals surface area contributed by atoms with Crippen LogP contribution in [0.5, 0.6) is 0 Å². The van der Waals surface area contributed by atoms with Gasteiger partial charge in [-0.15, -0.1) is 0 Å². The standard InChI is InChI=1S/C8H17N.C3H8/c1-3-7(2)8-5-4-6-9-8;1-3-2/h7-9H,3-6H2,1-2H3;3H2,1-2H3. The van der Waals surface area contributed by atoms with Gasteiger partial charge in [0, 0.05) is 6.04 Å². The first-order valence-electron chi connectivity index (χ1n) is 5.49. The molecule has 12 heavy (non-hydrogen) atoms. The zero-order valence-corrected chi connectivity index (χ0v) is 9.19. The SMILES string of the molecule is CCC.CCC(C)C1CCCN1. The molecule has 0 aromatic rings. The molecule has 0 saturated carbocycles. The van der Waals surface area contributed by atoms with E-state index in [9.17, 15) is 0 Å². The van der Waals surface area contributed by atoms with Gasteiger partial charge in [-0.05, 0) is 25.3 Å². The maximum absolute atomic E-state index is 3.51. The highest BCUT2D eigenvalue weighted by Crippen LogP contribution is 2.16. The summed E-state index contributed by atoms with van der Waals surface area (Å²) >= 11 is 0. The Morgan fingerprint density at radius 1 is 1.33 bits per heavy atom. The lowest BCUT2D eigenvalue weighted by Gasteiger charge is -2.16. The molecule has 1 aliphatic rings. The molecule has 0 aliphatic carbocycles. The lowest BCUT2D eigenvalue weighted by Crippen LogP contribution is -2.27. The molecule has 1 saturated heterocycles. The Hall–Kier alpha value is -0.0400. The average Bonchev–Trinajstić information content (AvgIpc) is 2.56. The fourth-order valence-electron chi connectivity index (χ4n) is 1.48. The third kappa shape index (κ3) is 4.76. The van der Waals surface area contributed by atoms with Crippen LogP contribution in [0.15, 0.2) is 0 Å². The fourth-order valence-corrected chi connectivity index (χ4v) is 1.48. The predicted molar refractivity (Wildman–Crippen MR) is 56.4 cm³/mol. The molecular formula is C11H25N. The van der Waals surface area contributed by atoms with Crippen LogP contribution in [-0.2, 0) is 0 Å². The van der Waals surface area contributed by atoms with Gasteiger partial charge in [0.2, 0.25) is 0 Å². The van der Waals surface area contributed by atoms with E-state index in [-0.39, 0.29) is 0 Å². The molecule has 1 aliphatic heterocycles. The quantitative estimate of drug-likeness (QED) is 0.673. The maximum atomic E-state index is 3.51. The van der Waals surface area contributed by atoms with Crippen LogP contribution in [0.1, 0.15) is 53.4 Å². The van der Waals surface area contributed by atoms with E-state index in [1.54, 1.807) is 0 Å². The summed E-state index contributed by atoms with van der Waals surface area (Å²) in [6.07, 6.45) is 5.35. The molecule has 1 nitrogen and oxygen atoms in total. The summed E-state index contributed by atoms with van der Waals surface area (Å²) in [4.78, 5) is 0. The van der Waals surface area contributed by atoms with Crippen LogP contribution in [0, 0.1) is 5.92 Å². The summed E-state index contributed by atoms with van der Waals surface area (Å²) in [6, 6.07) is 0.829. The van der Waals surface area contributed by atoms with Crippen LogP contribution in [-0.4, -0.2) is 12.6 Å². The van der Waals surface area contributed by atoms with E-state index in [1.165, 1.54) is 32.2 Å². The van der Waals surface area contributed by atoms with E-state index in [1.807, 2.05) is 0 Å². The molecule has 2 atom stereocenters. The van der Waals surface area contributed by atoms with Crippen LogP contribution >= 0.6 is 0 Å². The second-order valence-electron chi connectivity index (χ2n) is 3.80. The molecule has 0 aromatic carbocycles. The minimum Gasteiger partial charge on any atom is -0.314 e. The Morgan fingerprint density at radius 3 is 2.25 bits per heavy atom. The largest absolute Gasteiger partial charge is 0.314 e. The van der Waals surface area contributed by atoms with Gasteiger partial charge in [-0.2, -0.15) is 0 Å². The van der Waals surface area contributed by atoms with Crippen molar-refractivity contribution in [2.45, 2.75) is 59.4 Å². The van der Waals surface area contributed by atoms with Gasteiger partial charge in [-0.1, -0.05) is 40.5 Å². The molecule has 1 rings (SSSR count). The molecule has 0 spiro atoms. The highest BCUT2D eigenvalue weighted by atomic mass is 14.9. The molecule has 1 heterocycles. The molecule has 1 fully saturated rings. The second kappa shape index (κ2) is 7.60. The molecule has 0 bridgehead atoms. The van der Waals surface area contributed by atoms with Crippen LogP contribution < -0.4 is 5.32 Å². The summed E-state index contributed by atoms with van der Waals surface area (Å²) in [5.74, 6) is 0.882. The minimum absolute atomic E-state index is 0.829. The summed E-state index contributed by atoms with van der Waals surface area (Å²) < 4.78 is 0. The zero-order chi connectivity index (χ0) is 9.40. The predicted octanol–water partition coefficient (Wildman–Crippen LogP) is 3.20. The Bertz CT molecular complexity index is 85.0. The minimum atomic E-state index is 0.829. The second-order valence-corrected chi connectivity index (χ2v) is 3.80. The van der Waals surface area contributed by atoms with Crippen LogP contribution in [0.4, 0.5) is 0 Å².